The Morgan fingerprint density at radius 2 is 1.64 bits per heavy atom. The Morgan fingerprint density at radius 1 is 1.05 bits per heavy atom. The lowest BCUT2D eigenvalue weighted by atomic mass is 9.93. The maximum absolute atomic E-state index is 12.5. The lowest BCUT2D eigenvalue weighted by Gasteiger charge is -2.43. The molecule has 0 amide bonds. The summed E-state index contributed by atoms with van der Waals surface area (Å²) in [7, 11) is 0. The molecule has 0 spiro atoms. The molecule has 124 valence electrons. The standard InChI is InChI=1S/C14H18F3NO4/c15-14(16,17)9-3-1-8(2-4-9)5-18-6-11(20)13(22)12(21)10(18)7-19/h1-4,10-13,19-22H,5-7H2/t10?,11-,12+,13+/m0/s1. The van der Waals surface area contributed by atoms with Crippen LogP contribution >= 0.6 is 0 Å². The number of aliphatic hydroxyl groups excluding tert-OH is 4. The lowest BCUT2D eigenvalue weighted by Crippen LogP contribution is -2.62. The first-order valence-corrected chi connectivity index (χ1v) is 6.79. The summed E-state index contributed by atoms with van der Waals surface area (Å²) in [5, 5.41) is 38.4. The van der Waals surface area contributed by atoms with Crippen LogP contribution in [0.25, 0.3) is 0 Å². The SMILES string of the molecule is OCC1[C@@H](O)[C@H](O)[C@@H](O)CN1Cc1ccc(C(F)(F)F)cc1. The number of alkyl halides is 3. The Bertz CT molecular complexity index is 494. The van der Waals surface area contributed by atoms with E-state index >= 15 is 0 Å². The fourth-order valence-corrected chi connectivity index (χ4v) is 2.59. The molecule has 1 aromatic carbocycles. The average Bonchev–Trinajstić information content (AvgIpc) is 2.45. The van der Waals surface area contributed by atoms with Crippen LogP contribution in [0.4, 0.5) is 13.2 Å². The molecule has 8 heteroatoms. The second-order valence-corrected chi connectivity index (χ2v) is 5.42. The molecule has 0 aliphatic carbocycles. The molecule has 4 N–H and O–H groups in total. The highest BCUT2D eigenvalue weighted by atomic mass is 19.4. The summed E-state index contributed by atoms with van der Waals surface area (Å²) in [5.74, 6) is 0. The van der Waals surface area contributed by atoms with E-state index < -0.39 is 42.7 Å². The predicted molar refractivity (Wildman–Crippen MR) is 70.7 cm³/mol. The van der Waals surface area contributed by atoms with E-state index in [9.17, 15) is 33.6 Å². The van der Waals surface area contributed by atoms with Crippen LogP contribution in [0, 0.1) is 0 Å². The summed E-state index contributed by atoms with van der Waals surface area (Å²) in [6.07, 6.45) is -8.29. The number of halogens is 3. The van der Waals surface area contributed by atoms with Crippen LogP contribution in [0.15, 0.2) is 24.3 Å². The Balaban J connectivity index is 2.11. The number of hydrogen-bond acceptors (Lipinski definition) is 5. The smallest absolute Gasteiger partial charge is 0.395 e. The predicted octanol–water partition coefficient (Wildman–Crippen LogP) is -0.0354. The van der Waals surface area contributed by atoms with Crippen LogP contribution < -0.4 is 0 Å². The maximum atomic E-state index is 12.5. The monoisotopic (exact) mass is 321 g/mol. The van der Waals surface area contributed by atoms with Crippen molar-refractivity contribution in [2.75, 3.05) is 13.2 Å². The van der Waals surface area contributed by atoms with Crippen LogP contribution in [-0.4, -0.2) is 62.8 Å². The zero-order valence-corrected chi connectivity index (χ0v) is 11.6. The van der Waals surface area contributed by atoms with Gasteiger partial charge in [0.1, 0.15) is 12.2 Å². The largest absolute Gasteiger partial charge is 0.416 e. The van der Waals surface area contributed by atoms with Gasteiger partial charge in [-0.15, -0.1) is 0 Å². The van der Waals surface area contributed by atoms with Crippen molar-refractivity contribution < 1.29 is 33.6 Å². The quantitative estimate of drug-likeness (QED) is 0.628. The van der Waals surface area contributed by atoms with E-state index in [1.165, 1.54) is 17.0 Å². The van der Waals surface area contributed by atoms with E-state index in [1.807, 2.05) is 0 Å². The van der Waals surface area contributed by atoms with Crippen molar-refractivity contribution in [1.29, 1.82) is 0 Å². The van der Waals surface area contributed by atoms with Crippen molar-refractivity contribution in [2.24, 2.45) is 0 Å². The number of rotatable bonds is 3. The van der Waals surface area contributed by atoms with Gasteiger partial charge in [0.05, 0.1) is 24.3 Å². The molecule has 0 radical (unpaired) electrons. The van der Waals surface area contributed by atoms with Crippen LogP contribution in [0.1, 0.15) is 11.1 Å². The number of β-amino-alcohol motifs (C(OH)–C–C–N with tert-alkyl or cyclic N) is 1. The molecule has 0 saturated carbocycles. The van der Waals surface area contributed by atoms with Gasteiger partial charge in [0.2, 0.25) is 0 Å². The average molecular weight is 321 g/mol. The molecule has 1 aliphatic rings. The van der Waals surface area contributed by atoms with Crippen molar-refractivity contribution in [3.63, 3.8) is 0 Å². The number of nitrogens with zero attached hydrogens (tertiary/aromatic N) is 1. The van der Waals surface area contributed by atoms with Gasteiger partial charge in [0, 0.05) is 13.1 Å². The molecule has 4 atom stereocenters. The Hall–Kier alpha value is -1.19. The molecule has 0 aromatic heterocycles. The van der Waals surface area contributed by atoms with Crippen LogP contribution in [0.5, 0.6) is 0 Å². The highest BCUT2D eigenvalue weighted by Gasteiger charge is 2.40. The molecule has 5 nitrogen and oxygen atoms in total. The summed E-state index contributed by atoms with van der Waals surface area (Å²) in [4.78, 5) is 1.53. The number of aliphatic hydroxyl groups is 4. The van der Waals surface area contributed by atoms with Crippen molar-refractivity contribution in [2.45, 2.75) is 37.1 Å². The molecule has 1 aromatic rings. The highest BCUT2D eigenvalue weighted by Crippen LogP contribution is 2.29. The van der Waals surface area contributed by atoms with Crippen molar-refractivity contribution in [3.05, 3.63) is 35.4 Å². The Labute approximate surface area is 125 Å². The maximum Gasteiger partial charge on any atom is 0.416 e. The molecule has 1 heterocycles. The van der Waals surface area contributed by atoms with E-state index in [1.54, 1.807) is 0 Å². The third-order valence-electron chi connectivity index (χ3n) is 3.88. The first-order chi connectivity index (χ1) is 10.2. The third kappa shape index (κ3) is 3.58. The van der Waals surface area contributed by atoms with Gasteiger partial charge in [-0.3, -0.25) is 4.90 Å². The zero-order chi connectivity index (χ0) is 16.5. The van der Waals surface area contributed by atoms with Gasteiger partial charge in [-0.25, -0.2) is 0 Å². The number of piperidine rings is 1. The van der Waals surface area contributed by atoms with E-state index in [4.69, 9.17) is 0 Å². The van der Waals surface area contributed by atoms with Crippen LogP contribution in [0.3, 0.4) is 0 Å². The molecular formula is C14H18F3NO4. The first-order valence-electron chi connectivity index (χ1n) is 6.79. The second kappa shape index (κ2) is 6.51. The van der Waals surface area contributed by atoms with Gasteiger partial charge in [0.25, 0.3) is 0 Å². The zero-order valence-electron chi connectivity index (χ0n) is 11.6. The summed E-state index contributed by atoms with van der Waals surface area (Å²) in [6, 6.07) is 3.73. The minimum Gasteiger partial charge on any atom is -0.395 e. The van der Waals surface area contributed by atoms with Crippen LogP contribution in [-0.2, 0) is 12.7 Å². The molecule has 0 bridgehead atoms. The fraction of sp³-hybridized carbons (Fsp3) is 0.571. The summed E-state index contributed by atoms with van der Waals surface area (Å²) in [5.41, 5.74) is -0.216. The van der Waals surface area contributed by atoms with Crippen molar-refractivity contribution in [1.82, 2.24) is 4.90 Å². The summed E-state index contributed by atoms with van der Waals surface area (Å²) in [6.45, 7) is -0.291. The van der Waals surface area contributed by atoms with Crippen molar-refractivity contribution in [3.8, 4) is 0 Å². The van der Waals surface area contributed by atoms with E-state index in [0.29, 0.717) is 5.56 Å². The normalized spacial score (nSPS) is 30.5. The number of hydrogen-bond donors (Lipinski definition) is 4. The van der Waals surface area contributed by atoms with Gasteiger partial charge in [-0.1, -0.05) is 12.1 Å². The minimum absolute atomic E-state index is 0.00444. The lowest BCUT2D eigenvalue weighted by molar-refractivity contribution is -0.147. The Morgan fingerprint density at radius 3 is 2.14 bits per heavy atom. The minimum atomic E-state index is -4.41. The summed E-state index contributed by atoms with van der Waals surface area (Å²) >= 11 is 0. The number of benzene rings is 1. The van der Waals surface area contributed by atoms with Gasteiger partial charge < -0.3 is 20.4 Å². The van der Waals surface area contributed by atoms with E-state index in [2.05, 4.69) is 0 Å². The highest BCUT2D eigenvalue weighted by molar-refractivity contribution is 5.24. The van der Waals surface area contributed by atoms with Crippen LogP contribution in [0.2, 0.25) is 0 Å². The van der Waals surface area contributed by atoms with E-state index in [-0.39, 0.29) is 13.1 Å². The Kier molecular flexibility index (Phi) is 5.08. The molecule has 1 unspecified atom stereocenters. The molecule has 22 heavy (non-hydrogen) atoms. The van der Waals surface area contributed by atoms with Gasteiger partial charge in [0.15, 0.2) is 0 Å². The molecular weight excluding hydrogens is 303 g/mol. The van der Waals surface area contributed by atoms with Crippen molar-refractivity contribution >= 4 is 0 Å². The third-order valence-corrected chi connectivity index (χ3v) is 3.88. The summed E-state index contributed by atoms with van der Waals surface area (Å²) < 4.78 is 37.5. The molecule has 1 aliphatic heterocycles. The topological polar surface area (TPSA) is 84.2 Å². The second-order valence-electron chi connectivity index (χ2n) is 5.42. The van der Waals surface area contributed by atoms with E-state index in [0.717, 1.165) is 12.1 Å². The fourth-order valence-electron chi connectivity index (χ4n) is 2.59. The molecule has 1 fully saturated rings. The molecule has 2 rings (SSSR count). The first kappa shape index (κ1) is 17.2. The van der Waals surface area contributed by atoms with Gasteiger partial charge >= 0.3 is 6.18 Å². The number of likely N-dealkylation sites (tertiary alicyclic amines) is 1. The van der Waals surface area contributed by atoms with Gasteiger partial charge in [-0.05, 0) is 17.7 Å². The molecule has 1 saturated heterocycles. The van der Waals surface area contributed by atoms with Gasteiger partial charge in [-0.2, -0.15) is 13.2 Å².